The molecule has 4 nitrogen and oxygen atoms in total. The van der Waals surface area contributed by atoms with E-state index >= 15 is 0 Å². The highest BCUT2D eigenvalue weighted by molar-refractivity contribution is 5.98. The fourth-order valence-electron chi connectivity index (χ4n) is 2.62. The molecule has 100 valence electrons. The minimum Gasteiger partial charge on any atom is -0.399 e. The number of nitrogens with two attached hydrogens (primary N) is 1. The lowest BCUT2D eigenvalue weighted by Crippen LogP contribution is -2.40. The average Bonchev–Trinajstić information content (AvgIpc) is 2.76. The van der Waals surface area contributed by atoms with E-state index in [-0.39, 0.29) is 5.91 Å². The molecule has 4 N–H and O–H groups in total. The van der Waals surface area contributed by atoms with Crippen LogP contribution in [0.2, 0.25) is 0 Å². The molecule has 4 heteroatoms. The van der Waals surface area contributed by atoms with Crippen LogP contribution in [0.3, 0.4) is 0 Å². The number of nitrogen functional groups attached to an aromatic ring is 1. The summed E-state index contributed by atoms with van der Waals surface area (Å²) in [6.45, 7) is 2.98. The number of hydrogen-bond acceptors (Lipinski definition) is 2. The summed E-state index contributed by atoms with van der Waals surface area (Å²) >= 11 is 0. The maximum absolute atomic E-state index is 12.1. The summed E-state index contributed by atoms with van der Waals surface area (Å²) in [7, 11) is 0. The third-order valence-corrected chi connectivity index (χ3v) is 4.13. The molecular weight excluding hydrogens is 238 g/mol. The number of amides is 1. The van der Waals surface area contributed by atoms with Crippen LogP contribution in [0.5, 0.6) is 0 Å². The number of rotatable bonds is 3. The van der Waals surface area contributed by atoms with Gasteiger partial charge in [-0.3, -0.25) is 4.79 Å². The summed E-state index contributed by atoms with van der Waals surface area (Å²) in [6.07, 6.45) is 3.69. The summed E-state index contributed by atoms with van der Waals surface area (Å²) in [5.74, 6) is -0.0390. The standard InChI is InChI=1S/C15H19N3O/c1-15(5-2-6-15)9-17-14(19)13-8-10-7-11(16)3-4-12(10)18-13/h3-4,7-8,18H,2,5-6,9,16H2,1H3,(H,17,19). The van der Waals surface area contributed by atoms with E-state index in [1.54, 1.807) is 0 Å². The zero-order valence-electron chi connectivity index (χ0n) is 11.1. The van der Waals surface area contributed by atoms with Gasteiger partial charge in [-0.15, -0.1) is 0 Å². The summed E-state index contributed by atoms with van der Waals surface area (Å²) in [5.41, 5.74) is 8.28. The molecular formula is C15H19N3O. The molecule has 0 atom stereocenters. The van der Waals surface area contributed by atoms with Crippen molar-refractivity contribution in [2.75, 3.05) is 12.3 Å². The number of H-pyrrole nitrogens is 1. The van der Waals surface area contributed by atoms with Crippen LogP contribution in [0.1, 0.15) is 36.7 Å². The molecule has 0 spiro atoms. The van der Waals surface area contributed by atoms with Gasteiger partial charge < -0.3 is 16.0 Å². The first kappa shape index (κ1) is 12.1. The molecule has 0 bridgehead atoms. The molecule has 1 heterocycles. The van der Waals surface area contributed by atoms with E-state index in [1.807, 2.05) is 24.3 Å². The van der Waals surface area contributed by atoms with Crippen LogP contribution in [0.15, 0.2) is 24.3 Å². The summed E-state index contributed by atoms with van der Waals surface area (Å²) < 4.78 is 0. The zero-order chi connectivity index (χ0) is 13.5. The second-order valence-corrected chi connectivity index (χ2v) is 5.88. The SMILES string of the molecule is CC1(CNC(=O)c2cc3cc(N)ccc3[nH]2)CCC1. The van der Waals surface area contributed by atoms with Crippen LogP contribution in [0, 0.1) is 5.41 Å². The highest BCUT2D eigenvalue weighted by atomic mass is 16.1. The van der Waals surface area contributed by atoms with Crippen molar-refractivity contribution in [3.63, 3.8) is 0 Å². The fraction of sp³-hybridized carbons (Fsp3) is 0.400. The first-order valence-corrected chi connectivity index (χ1v) is 6.72. The van der Waals surface area contributed by atoms with Crippen molar-refractivity contribution in [1.82, 2.24) is 10.3 Å². The number of aromatic amines is 1. The molecule has 0 radical (unpaired) electrons. The van der Waals surface area contributed by atoms with Crippen LogP contribution in [-0.2, 0) is 0 Å². The van der Waals surface area contributed by atoms with Crippen molar-refractivity contribution < 1.29 is 4.79 Å². The molecule has 1 aromatic heterocycles. The van der Waals surface area contributed by atoms with Crippen molar-refractivity contribution in [3.8, 4) is 0 Å². The van der Waals surface area contributed by atoms with Gasteiger partial charge in [-0.1, -0.05) is 13.3 Å². The Balaban J connectivity index is 1.74. The number of carbonyl (C=O) groups excluding carboxylic acids is 1. The number of nitrogens with one attached hydrogen (secondary N) is 2. The second-order valence-electron chi connectivity index (χ2n) is 5.88. The Labute approximate surface area is 112 Å². The summed E-state index contributed by atoms with van der Waals surface area (Å²) in [6, 6.07) is 7.45. The molecule has 3 rings (SSSR count). The van der Waals surface area contributed by atoms with E-state index in [2.05, 4.69) is 17.2 Å². The zero-order valence-corrected chi connectivity index (χ0v) is 11.1. The van der Waals surface area contributed by atoms with Gasteiger partial charge in [-0.2, -0.15) is 0 Å². The third-order valence-electron chi connectivity index (χ3n) is 4.13. The van der Waals surface area contributed by atoms with Gasteiger partial charge in [0.05, 0.1) is 0 Å². The Bertz CT molecular complexity index is 625. The van der Waals surface area contributed by atoms with Crippen molar-refractivity contribution in [2.45, 2.75) is 26.2 Å². The van der Waals surface area contributed by atoms with Crippen LogP contribution in [0.4, 0.5) is 5.69 Å². The molecule has 1 amide bonds. The van der Waals surface area contributed by atoms with Crippen LogP contribution >= 0.6 is 0 Å². The van der Waals surface area contributed by atoms with E-state index in [9.17, 15) is 4.79 Å². The van der Waals surface area contributed by atoms with Crippen LogP contribution < -0.4 is 11.1 Å². The Hall–Kier alpha value is -1.97. The monoisotopic (exact) mass is 257 g/mol. The lowest BCUT2D eigenvalue weighted by molar-refractivity contribution is 0.0886. The minimum absolute atomic E-state index is 0.0390. The predicted molar refractivity (Wildman–Crippen MR) is 77.0 cm³/mol. The van der Waals surface area contributed by atoms with Crippen LogP contribution in [-0.4, -0.2) is 17.4 Å². The van der Waals surface area contributed by atoms with E-state index in [0.29, 0.717) is 16.8 Å². The average molecular weight is 257 g/mol. The first-order valence-electron chi connectivity index (χ1n) is 6.72. The number of hydrogen-bond donors (Lipinski definition) is 3. The predicted octanol–water partition coefficient (Wildman–Crippen LogP) is 2.67. The fourth-order valence-corrected chi connectivity index (χ4v) is 2.62. The molecule has 1 aromatic carbocycles. The Kier molecular flexibility index (Phi) is 2.73. The van der Waals surface area contributed by atoms with E-state index in [0.717, 1.165) is 17.4 Å². The lowest BCUT2D eigenvalue weighted by Gasteiger charge is -2.38. The Morgan fingerprint density at radius 2 is 2.21 bits per heavy atom. The maximum Gasteiger partial charge on any atom is 0.267 e. The van der Waals surface area contributed by atoms with Gasteiger partial charge in [0.1, 0.15) is 5.69 Å². The largest absolute Gasteiger partial charge is 0.399 e. The quantitative estimate of drug-likeness (QED) is 0.740. The maximum atomic E-state index is 12.1. The number of aromatic nitrogens is 1. The molecule has 0 saturated heterocycles. The Morgan fingerprint density at radius 3 is 2.89 bits per heavy atom. The van der Waals surface area contributed by atoms with Gasteiger partial charge in [0, 0.05) is 23.1 Å². The van der Waals surface area contributed by atoms with E-state index < -0.39 is 0 Å². The molecule has 2 aromatic rings. The van der Waals surface area contributed by atoms with Crippen molar-refractivity contribution >= 4 is 22.5 Å². The molecule has 1 saturated carbocycles. The molecule has 0 aliphatic heterocycles. The first-order chi connectivity index (χ1) is 9.06. The molecule has 1 aliphatic carbocycles. The van der Waals surface area contributed by atoms with Gasteiger partial charge in [-0.05, 0) is 42.5 Å². The lowest BCUT2D eigenvalue weighted by atomic mass is 9.70. The number of benzene rings is 1. The summed E-state index contributed by atoms with van der Waals surface area (Å²) in [4.78, 5) is 15.2. The topological polar surface area (TPSA) is 70.9 Å². The molecule has 19 heavy (non-hydrogen) atoms. The number of anilines is 1. The van der Waals surface area contributed by atoms with Crippen molar-refractivity contribution in [3.05, 3.63) is 30.0 Å². The minimum atomic E-state index is -0.0390. The molecule has 1 fully saturated rings. The smallest absolute Gasteiger partial charge is 0.267 e. The second kappa shape index (κ2) is 4.30. The normalized spacial score (nSPS) is 17.1. The van der Waals surface area contributed by atoms with Crippen molar-refractivity contribution in [1.29, 1.82) is 0 Å². The highest BCUT2D eigenvalue weighted by Crippen LogP contribution is 2.39. The molecule has 0 unspecified atom stereocenters. The summed E-state index contributed by atoms with van der Waals surface area (Å²) in [5, 5.41) is 3.99. The van der Waals surface area contributed by atoms with Gasteiger partial charge in [-0.25, -0.2) is 0 Å². The van der Waals surface area contributed by atoms with Gasteiger partial charge in [0.25, 0.3) is 5.91 Å². The van der Waals surface area contributed by atoms with Gasteiger partial charge in [0.2, 0.25) is 0 Å². The van der Waals surface area contributed by atoms with Gasteiger partial charge in [0.15, 0.2) is 0 Å². The Morgan fingerprint density at radius 1 is 1.42 bits per heavy atom. The highest BCUT2D eigenvalue weighted by Gasteiger charge is 2.32. The van der Waals surface area contributed by atoms with Gasteiger partial charge >= 0.3 is 0 Å². The van der Waals surface area contributed by atoms with Crippen LogP contribution in [0.25, 0.3) is 10.9 Å². The van der Waals surface area contributed by atoms with E-state index in [1.165, 1.54) is 19.3 Å². The molecule has 1 aliphatic rings. The number of fused-ring (bicyclic) bond motifs is 1. The number of carbonyl (C=O) groups is 1. The van der Waals surface area contributed by atoms with E-state index in [4.69, 9.17) is 5.73 Å². The van der Waals surface area contributed by atoms with Crippen molar-refractivity contribution in [2.24, 2.45) is 5.41 Å². The third kappa shape index (κ3) is 2.30.